The highest BCUT2D eigenvalue weighted by molar-refractivity contribution is 7.11. The van der Waals surface area contributed by atoms with E-state index in [9.17, 15) is 0 Å². The smallest absolute Gasteiger partial charge is 0.0810 e. The van der Waals surface area contributed by atoms with Crippen molar-refractivity contribution in [2.45, 2.75) is 51.5 Å². The molecule has 0 saturated carbocycles. The first-order valence-electron chi connectivity index (χ1n) is 17.2. The van der Waals surface area contributed by atoms with Gasteiger partial charge < -0.3 is 9.47 Å². The number of fused-ring (bicyclic) bond motifs is 4. The number of ether oxygens (including phenoxy) is 2. The molecule has 4 nitrogen and oxygen atoms in total. The molecule has 5 aromatic carbocycles. The summed E-state index contributed by atoms with van der Waals surface area (Å²) in [6, 6.07) is 57.0. The Kier molecular flexibility index (Phi) is 11.4. The normalized spacial score (nSPS) is 18.4. The standard InChI is InChI=1S/C44H44N2O2S/c1-5-14-35(15-6-1)27-45-29-37-18-13-19-38(26-37)30-46(28-36-16-7-2-8-17-36)44(40-22-11-4-12-23-40)34-48-32-42-25-24-41(49-42)31-47-33-43(45)39-20-9-3-10-21-39/h1-26,43-44H,27-34H2/t43-,44?/m0/s1. The van der Waals surface area contributed by atoms with Gasteiger partial charge in [-0.15, -0.1) is 11.3 Å². The number of benzene rings is 5. The van der Waals surface area contributed by atoms with E-state index in [1.165, 1.54) is 43.1 Å². The molecule has 5 heteroatoms. The molecule has 2 atom stereocenters. The molecule has 248 valence electrons. The predicted octanol–water partition coefficient (Wildman–Crippen LogP) is 9.98. The molecule has 2 heterocycles. The van der Waals surface area contributed by atoms with E-state index < -0.39 is 0 Å². The highest BCUT2D eigenvalue weighted by atomic mass is 32.1. The maximum absolute atomic E-state index is 6.53. The van der Waals surface area contributed by atoms with Crippen molar-refractivity contribution in [1.82, 2.24) is 9.80 Å². The van der Waals surface area contributed by atoms with E-state index in [2.05, 4.69) is 168 Å². The number of hydrogen-bond donors (Lipinski definition) is 0. The van der Waals surface area contributed by atoms with Crippen LogP contribution in [0.3, 0.4) is 0 Å². The van der Waals surface area contributed by atoms with E-state index in [4.69, 9.17) is 9.47 Å². The van der Waals surface area contributed by atoms with Gasteiger partial charge in [-0.3, -0.25) is 9.80 Å². The Balaban J connectivity index is 1.27. The van der Waals surface area contributed by atoms with Crippen LogP contribution in [0.4, 0.5) is 0 Å². The predicted molar refractivity (Wildman–Crippen MR) is 200 cm³/mol. The Morgan fingerprint density at radius 1 is 0.469 bits per heavy atom. The second-order valence-electron chi connectivity index (χ2n) is 12.9. The minimum atomic E-state index is 0.0868. The summed E-state index contributed by atoms with van der Waals surface area (Å²) >= 11 is 1.79. The molecule has 1 unspecified atom stereocenters. The summed E-state index contributed by atoms with van der Waals surface area (Å²) in [5.41, 5.74) is 7.72. The third-order valence-corrected chi connectivity index (χ3v) is 10.3. The first-order chi connectivity index (χ1) is 24.3. The second-order valence-corrected chi connectivity index (χ2v) is 14.1. The number of hydrogen-bond acceptors (Lipinski definition) is 5. The Labute approximate surface area is 295 Å². The van der Waals surface area contributed by atoms with Crippen molar-refractivity contribution < 1.29 is 9.47 Å². The lowest BCUT2D eigenvalue weighted by atomic mass is 10.0. The molecule has 1 aliphatic rings. The van der Waals surface area contributed by atoms with Crippen molar-refractivity contribution in [1.29, 1.82) is 0 Å². The fourth-order valence-electron chi connectivity index (χ4n) is 6.78. The van der Waals surface area contributed by atoms with Crippen LogP contribution in [-0.4, -0.2) is 23.0 Å². The van der Waals surface area contributed by atoms with Gasteiger partial charge in [0.1, 0.15) is 0 Å². The van der Waals surface area contributed by atoms with Crippen molar-refractivity contribution in [3.8, 4) is 0 Å². The van der Waals surface area contributed by atoms with E-state index in [1.807, 2.05) is 0 Å². The molecular formula is C44H44N2O2S. The highest BCUT2D eigenvalue weighted by Crippen LogP contribution is 2.30. The summed E-state index contributed by atoms with van der Waals surface area (Å²) in [6.45, 7) is 5.63. The molecule has 0 saturated heterocycles. The summed E-state index contributed by atoms with van der Waals surface area (Å²) in [5, 5.41) is 0. The van der Waals surface area contributed by atoms with Crippen LogP contribution in [-0.2, 0) is 48.9 Å². The number of thiophene rings is 1. The molecule has 7 rings (SSSR count). The molecule has 0 aliphatic carbocycles. The van der Waals surface area contributed by atoms with E-state index in [0.717, 1.165) is 26.2 Å². The highest BCUT2D eigenvalue weighted by Gasteiger charge is 2.24. The van der Waals surface area contributed by atoms with E-state index in [0.29, 0.717) is 26.4 Å². The molecule has 6 aromatic rings. The zero-order valence-corrected chi connectivity index (χ0v) is 28.8. The summed E-state index contributed by atoms with van der Waals surface area (Å²) in [6.07, 6.45) is 0. The Bertz CT molecular complexity index is 1720. The largest absolute Gasteiger partial charge is 0.374 e. The van der Waals surface area contributed by atoms with Gasteiger partial charge in [0.05, 0.1) is 38.5 Å². The van der Waals surface area contributed by atoms with Crippen molar-refractivity contribution in [3.05, 3.63) is 201 Å². The van der Waals surface area contributed by atoms with Crippen molar-refractivity contribution in [2.75, 3.05) is 13.2 Å². The topological polar surface area (TPSA) is 24.9 Å². The van der Waals surface area contributed by atoms with Crippen molar-refractivity contribution >= 4 is 11.3 Å². The van der Waals surface area contributed by atoms with Gasteiger partial charge in [0.2, 0.25) is 0 Å². The molecule has 49 heavy (non-hydrogen) atoms. The molecule has 1 aliphatic heterocycles. The van der Waals surface area contributed by atoms with Gasteiger partial charge in [-0.25, -0.2) is 0 Å². The quantitative estimate of drug-likeness (QED) is 0.177. The van der Waals surface area contributed by atoms with Gasteiger partial charge >= 0.3 is 0 Å². The molecular weight excluding hydrogens is 621 g/mol. The summed E-state index contributed by atoms with van der Waals surface area (Å²) < 4.78 is 13.1. The van der Waals surface area contributed by atoms with Gasteiger partial charge in [-0.05, 0) is 45.5 Å². The molecule has 0 spiro atoms. The maximum atomic E-state index is 6.53. The molecule has 0 N–H and O–H groups in total. The Morgan fingerprint density at radius 2 is 0.878 bits per heavy atom. The first kappa shape index (κ1) is 33.2. The second kappa shape index (κ2) is 16.8. The van der Waals surface area contributed by atoms with Gasteiger partial charge in [0.15, 0.2) is 0 Å². The molecule has 0 fully saturated rings. The van der Waals surface area contributed by atoms with Gasteiger partial charge in [-0.1, -0.05) is 146 Å². The van der Waals surface area contributed by atoms with Gasteiger partial charge in [-0.2, -0.15) is 0 Å². The lowest BCUT2D eigenvalue weighted by Gasteiger charge is -2.33. The average molecular weight is 665 g/mol. The lowest BCUT2D eigenvalue weighted by molar-refractivity contribution is 0.0419. The van der Waals surface area contributed by atoms with Crippen LogP contribution in [0.2, 0.25) is 0 Å². The third-order valence-electron chi connectivity index (χ3n) is 9.23. The molecule has 4 bridgehead atoms. The van der Waals surface area contributed by atoms with Crippen LogP contribution in [0.1, 0.15) is 55.2 Å². The first-order valence-corrected chi connectivity index (χ1v) is 18.1. The fraction of sp³-hybridized carbons (Fsp3) is 0.227. The van der Waals surface area contributed by atoms with Crippen LogP contribution in [0.25, 0.3) is 0 Å². The van der Waals surface area contributed by atoms with Crippen LogP contribution in [0.5, 0.6) is 0 Å². The van der Waals surface area contributed by atoms with Gasteiger partial charge in [0, 0.05) is 35.9 Å². The van der Waals surface area contributed by atoms with Crippen LogP contribution >= 0.6 is 11.3 Å². The number of nitrogens with zero attached hydrogens (tertiary/aromatic N) is 2. The van der Waals surface area contributed by atoms with Crippen molar-refractivity contribution in [2.24, 2.45) is 0 Å². The minimum Gasteiger partial charge on any atom is -0.374 e. The Morgan fingerprint density at radius 3 is 1.31 bits per heavy atom. The minimum absolute atomic E-state index is 0.0868. The summed E-state index contributed by atoms with van der Waals surface area (Å²) in [5.74, 6) is 0. The third kappa shape index (κ3) is 9.21. The maximum Gasteiger partial charge on any atom is 0.0810 e. The number of rotatable bonds is 6. The SMILES string of the molecule is c1ccc(CN2Cc3cccc(c3)CN(Cc3ccccc3)[C@H](c3ccccc3)COCc3ccc(s3)COCC2c2ccccc2)cc1. The molecule has 0 radical (unpaired) electrons. The average Bonchev–Trinajstić information content (AvgIpc) is 3.60. The lowest BCUT2D eigenvalue weighted by Crippen LogP contribution is -2.32. The molecule has 1 aromatic heterocycles. The fourth-order valence-corrected chi connectivity index (χ4v) is 7.67. The molecule has 0 amide bonds. The van der Waals surface area contributed by atoms with E-state index in [-0.39, 0.29) is 12.1 Å². The Hall–Kier alpha value is -4.36. The van der Waals surface area contributed by atoms with Crippen LogP contribution < -0.4 is 0 Å². The summed E-state index contributed by atoms with van der Waals surface area (Å²) in [4.78, 5) is 7.60. The zero-order valence-electron chi connectivity index (χ0n) is 27.9. The van der Waals surface area contributed by atoms with Crippen molar-refractivity contribution in [3.63, 3.8) is 0 Å². The summed E-state index contributed by atoms with van der Waals surface area (Å²) in [7, 11) is 0. The zero-order chi connectivity index (χ0) is 33.1. The van der Waals surface area contributed by atoms with E-state index in [1.54, 1.807) is 11.3 Å². The van der Waals surface area contributed by atoms with E-state index >= 15 is 0 Å². The van der Waals surface area contributed by atoms with Crippen LogP contribution in [0, 0.1) is 0 Å². The van der Waals surface area contributed by atoms with Crippen LogP contribution in [0.15, 0.2) is 158 Å². The monoisotopic (exact) mass is 664 g/mol. The van der Waals surface area contributed by atoms with Gasteiger partial charge in [0.25, 0.3) is 0 Å².